The Labute approximate surface area is 103 Å². The van der Waals surface area contributed by atoms with Gasteiger partial charge in [0.25, 0.3) is 0 Å². The number of hydrogen-bond donors (Lipinski definition) is 1. The summed E-state index contributed by atoms with van der Waals surface area (Å²) in [5.74, 6) is -0.854. The highest BCUT2D eigenvalue weighted by Crippen LogP contribution is 2.24. The summed E-state index contributed by atoms with van der Waals surface area (Å²) in [5, 5.41) is 3.29. The molecule has 5 heteroatoms. The van der Waals surface area contributed by atoms with Gasteiger partial charge in [-0.1, -0.05) is 6.07 Å². The van der Waals surface area contributed by atoms with E-state index in [1.807, 2.05) is 10.8 Å². The molecule has 3 rings (SSSR count). The molecule has 1 aromatic heterocycles. The zero-order valence-corrected chi connectivity index (χ0v) is 9.74. The highest BCUT2D eigenvalue weighted by molar-refractivity contribution is 5.31. The Hall–Kier alpha value is -1.91. The number of aromatic nitrogens is 2. The number of nitrogens with zero attached hydrogens (tertiary/aromatic N) is 2. The van der Waals surface area contributed by atoms with Crippen LogP contribution in [0.3, 0.4) is 0 Å². The van der Waals surface area contributed by atoms with E-state index in [2.05, 4.69) is 10.3 Å². The van der Waals surface area contributed by atoms with Crippen LogP contribution in [0.25, 0.3) is 0 Å². The van der Waals surface area contributed by atoms with Crippen LogP contribution in [0.5, 0.6) is 0 Å². The summed E-state index contributed by atoms with van der Waals surface area (Å²) >= 11 is 0. The van der Waals surface area contributed by atoms with Crippen molar-refractivity contribution < 1.29 is 8.78 Å². The Bertz CT molecular complexity index is 561. The molecule has 94 valence electrons. The summed E-state index contributed by atoms with van der Waals surface area (Å²) in [4.78, 5) is 4.22. The number of halogens is 2. The Morgan fingerprint density at radius 1 is 1.28 bits per heavy atom. The maximum atomic E-state index is 13.1. The Balaban J connectivity index is 1.78. The Morgan fingerprint density at radius 2 is 2.11 bits per heavy atom. The van der Waals surface area contributed by atoms with Gasteiger partial charge in [-0.25, -0.2) is 13.8 Å². The average Bonchev–Trinajstić information content (AvgIpc) is 3.05. The van der Waals surface area contributed by atoms with Crippen LogP contribution in [-0.2, 0) is 6.54 Å². The maximum absolute atomic E-state index is 13.1. The minimum atomic E-state index is -0.819. The van der Waals surface area contributed by atoms with Crippen molar-refractivity contribution in [3.63, 3.8) is 0 Å². The number of hydrogen-bond acceptors (Lipinski definition) is 2. The fraction of sp³-hybridized carbons (Fsp3) is 0.308. The topological polar surface area (TPSA) is 29.9 Å². The van der Waals surface area contributed by atoms with Crippen LogP contribution in [0.15, 0.2) is 30.6 Å². The number of benzene rings is 1. The molecule has 0 bridgehead atoms. The van der Waals surface area contributed by atoms with Crippen LogP contribution in [0.2, 0.25) is 0 Å². The lowest BCUT2D eigenvalue weighted by atomic mass is 10.2. The molecule has 1 saturated carbocycles. The van der Waals surface area contributed by atoms with E-state index in [1.165, 1.54) is 6.07 Å². The summed E-state index contributed by atoms with van der Waals surface area (Å²) in [6.07, 6.45) is 5.85. The second-order valence-electron chi connectivity index (χ2n) is 4.55. The van der Waals surface area contributed by atoms with Gasteiger partial charge in [-0.2, -0.15) is 0 Å². The van der Waals surface area contributed by atoms with Crippen molar-refractivity contribution in [1.29, 1.82) is 0 Å². The van der Waals surface area contributed by atoms with Gasteiger partial charge in [-0.05, 0) is 30.5 Å². The number of imidazole rings is 1. The van der Waals surface area contributed by atoms with E-state index in [0.717, 1.165) is 24.9 Å². The van der Waals surface area contributed by atoms with Gasteiger partial charge in [-0.15, -0.1) is 0 Å². The molecule has 1 aliphatic carbocycles. The molecule has 1 aromatic carbocycles. The summed E-state index contributed by atoms with van der Waals surface area (Å²) in [6.45, 7) is 0.478. The molecule has 0 radical (unpaired) electrons. The Morgan fingerprint density at radius 3 is 2.83 bits per heavy atom. The summed E-state index contributed by atoms with van der Waals surface area (Å²) < 4.78 is 27.8. The van der Waals surface area contributed by atoms with Crippen LogP contribution in [0.1, 0.15) is 18.4 Å². The van der Waals surface area contributed by atoms with Crippen molar-refractivity contribution in [2.24, 2.45) is 0 Å². The molecule has 0 unspecified atom stereocenters. The molecule has 0 saturated heterocycles. The largest absolute Gasteiger partial charge is 0.353 e. The fourth-order valence-corrected chi connectivity index (χ4v) is 1.82. The molecule has 1 N–H and O–H groups in total. The highest BCUT2D eigenvalue weighted by Gasteiger charge is 2.22. The minimum Gasteiger partial charge on any atom is -0.353 e. The fourth-order valence-electron chi connectivity index (χ4n) is 1.82. The first kappa shape index (κ1) is 11.2. The SMILES string of the molecule is Fc1ccc(Cn2ccnc2NC2CC2)cc1F. The van der Waals surface area contributed by atoms with Crippen molar-refractivity contribution in [3.05, 3.63) is 47.8 Å². The second-order valence-corrected chi connectivity index (χ2v) is 4.55. The molecular weight excluding hydrogens is 236 g/mol. The Kier molecular flexibility index (Phi) is 2.74. The van der Waals surface area contributed by atoms with Gasteiger partial charge in [-0.3, -0.25) is 0 Å². The van der Waals surface area contributed by atoms with E-state index in [0.29, 0.717) is 18.2 Å². The molecule has 0 atom stereocenters. The molecule has 18 heavy (non-hydrogen) atoms. The van der Waals surface area contributed by atoms with Gasteiger partial charge in [0.2, 0.25) is 5.95 Å². The molecule has 1 heterocycles. The predicted molar refractivity (Wildman–Crippen MR) is 64.3 cm³/mol. The van der Waals surface area contributed by atoms with Gasteiger partial charge >= 0.3 is 0 Å². The van der Waals surface area contributed by atoms with Crippen molar-refractivity contribution in [3.8, 4) is 0 Å². The normalized spacial score (nSPS) is 14.8. The van der Waals surface area contributed by atoms with Crippen LogP contribution in [0.4, 0.5) is 14.7 Å². The molecule has 1 fully saturated rings. The predicted octanol–water partition coefficient (Wildman–Crippen LogP) is 2.78. The van der Waals surface area contributed by atoms with Gasteiger partial charge in [0, 0.05) is 18.4 Å². The number of rotatable bonds is 4. The molecule has 3 nitrogen and oxygen atoms in total. The van der Waals surface area contributed by atoms with Crippen LogP contribution in [0, 0.1) is 11.6 Å². The smallest absolute Gasteiger partial charge is 0.203 e. The van der Waals surface area contributed by atoms with Crippen molar-refractivity contribution in [2.45, 2.75) is 25.4 Å². The average molecular weight is 249 g/mol. The van der Waals surface area contributed by atoms with E-state index in [4.69, 9.17) is 0 Å². The zero-order valence-electron chi connectivity index (χ0n) is 9.74. The first-order valence-electron chi connectivity index (χ1n) is 5.94. The summed E-state index contributed by atoms with van der Waals surface area (Å²) in [6, 6.07) is 4.46. The van der Waals surface area contributed by atoms with Gasteiger partial charge in [0.05, 0.1) is 6.54 Å². The molecular formula is C13H13F2N3. The highest BCUT2D eigenvalue weighted by atomic mass is 19.2. The molecule has 2 aromatic rings. The van der Waals surface area contributed by atoms with Crippen molar-refractivity contribution >= 4 is 5.95 Å². The first-order chi connectivity index (χ1) is 8.72. The van der Waals surface area contributed by atoms with Crippen LogP contribution in [-0.4, -0.2) is 15.6 Å². The van der Waals surface area contributed by atoms with Crippen LogP contribution >= 0.6 is 0 Å². The van der Waals surface area contributed by atoms with E-state index >= 15 is 0 Å². The molecule has 1 aliphatic rings. The minimum absolute atomic E-state index is 0.478. The van der Waals surface area contributed by atoms with Crippen molar-refractivity contribution in [1.82, 2.24) is 9.55 Å². The lowest BCUT2D eigenvalue weighted by Gasteiger charge is -2.09. The standard InChI is InChI=1S/C13H13F2N3/c14-11-4-1-9(7-12(11)15)8-18-6-5-16-13(18)17-10-2-3-10/h1,4-7,10H,2-3,8H2,(H,16,17). The molecule has 0 aliphatic heterocycles. The van der Waals surface area contributed by atoms with E-state index < -0.39 is 11.6 Å². The zero-order chi connectivity index (χ0) is 12.5. The second kappa shape index (κ2) is 4.40. The quantitative estimate of drug-likeness (QED) is 0.903. The van der Waals surface area contributed by atoms with E-state index in [-0.39, 0.29) is 0 Å². The summed E-state index contributed by atoms with van der Waals surface area (Å²) in [5.41, 5.74) is 0.714. The lowest BCUT2D eigenvalue weighted by Crippen LogP contribution is -2.09. The van der Waals surface area contributed by atoms with Crippen LogP contribution < -0.4 is 5.32 Å². The third-order valence-corrected chi connectivity index (χ3v) is 2.96. The molecule has 0 amide bonds. The van der Waals surface area contributed by atoms with Gasteiger partial charge < -0.3 is 9.88 Å². The first-order valence-corrected chi connectivity index (χ1v) is 5.94. The third kappa shape index (κ3) is 2.34. The number of nitrogens with one attached hydrogen (secondary N) is 1. The third-order valence-electron chi connectivity index (χ3n) is 2.96. The summed E-state index contributed by atoms with van der Waals surface area (Å²) in [7, 11) is 0. The lowest BCUT2D eigenvalue weighted by molar-refractivity contribution is 0.506. The van der Waals surface area contributed by atoms with E-state index in [1.54, 1.807) is 12.3 Å². The van der Waals surface area contributed by atoms with Gasteiger partial charge in [0.1, 0.15) is 0 Å². The maximum Gasteiger partial charge on any atom is 0.203 e. The van der Waals surface area contributed by atoms with E-state index in [9.17, 15) is 8.78 Å². The monoisotopic (exact) mass is 249 g/mol. The van der Waals surface area contributed by atoms with Gasteiger partial charge in [0.15, 0.2) is 11.6 Å². The number of anilines is 1. The molecule has 0 spiro atoms. The van der Waals surface area contributed by atoms with Crippen molar-refractivity contribution in [2.75, 3.05) is 5.32 Å².